The Morgan fingerprint density at radius 2 is 2.06 bits per heavy atom. The van der Waals surface area contributed by atoms with Crippen molar-refractivity contribution in [3.8, 4) is 0 Å². The van der Waals surface area contributed by atoms with Crippen LogP contribution in [0.2, 0.25) is 0 Å². The van der Waals surface area contributed by atoms with E-state index in [1.807, 2.05) is 0 Å². The molecule has 0 saturated heterocycles. The topological polar surface area (TPSA) is 63.6 Å². The number of methoxy groups -OCH3 is 1. The number of hydrogen-bond acceptors (Lipinski definition) is 3. The Balaban J connectivity index is 3.00. The molecule has 1 aromatic carbocycles. The SMILES string of the molecule is COC(=O)CCc1cc(C(F)F)ccc1C(=O)O. The van der Waals surface area contributed by atoms with Gasteiger partial charge in [0.05, 0.1) is 12.7 Å². The first-order valence-corrected chi connectivity index (χ1v) is 5.16. The van der Waals surface area contributed by atoms with Crippen molar-refractivity contribution in [1.29, 1.82) is 0 Å². The van der Waals surface area contributed by atoms with Crippen LogP contribution in [0.3, 0.4) is 0 Å². The fourth-order valence-corrected chi connectivity index (χ4v) is 1.50. The van der Waals surface area contributed by atoms with E-state index in [0.717, 1.165) is 18.2 Å². The predicted octanol–water partition coefficient (Wildman–Crippen LogP) is 2.43. The zero-order valence-electron chi connectivity index (χ0n) is 9.65. The standard InChI is InChI=1S/C12H12F2O4/c1-18-10(15)5-3-7-6-8(11(13)14)2-4-9(7)12(16)17/h2,4,6,11H,3,5H2,1H3,(H,16,17). The molecule has 0 aliphatic heterocycles. The summed E-state index contributed by atoms with van der Waals surface area (Å²) < 4.78 is 29.4. The van der Waals surface area contributed by atoms with Crippen molar-refractivity contribution in [2.45, 2.75) is 19.3 Å². The quantitative estimate of drug-likeness (QED) is 0.824. The van der Waals surface area contributed by atoms with Crippen LogP contribution >= 0.6 is 0 Å². The minimum Gasteiger partial charge on any atom is -0.478 e. The number of ether oxygens (including phenoxy) is 1. The molecule has 6 heteroatoms. The third kappa shape index (κ3) is 3.51. The van der Waals surface area contributed by atoms with Crippen LogP contribution in [0, 0.1) is 0 Å². The Morgan fingerprint density at radius 3 is 2.56 bits per heavy atom. The van der Waals surface area contributed by atoms with E-state index in [1.165, 1.54) is 7.11 Å². The summed E-state index contributed by atoms with van der Waals surface area (Å²) in [6.45, 7) is 0. The number of alkyl halides is 2. The third-order valence-corrected chi connectivity index (χ3v) is 2.44. The van der Waals surface area contributed by atoms with Crippen molar-refractivity contribution in [3.63, 3.8) is 0 Å². The van der Waals surface area contributed by atoms with Gasteiger partial charge in [-0.05, 0) is 24.1 Å². The largest absolute Gasteiger partial charge is 0.478 e. The summed E-state index contributed by atoms with van der Waals surface area (Å²) in [4.78, 5) is 21.9. The highest BCUT2D eigenvalue weighted by molar-refractivity contribution is 5.89. The van der Waals surface area contributed by atoms with Crippen LogP contribution in [0.1, 0.15) is 34.3 Å². The summed E-state index contributed by atoms with van der Waals surface area (Å²) in [5.74, 6) is -1.73. The van der Waals surface area contributed by atoms with Gasteiger partial charge < -0.3 is 9.84 Å². The lowest BCUT2D eigenvalue weighted by molar-refractivity contribution is -0.140. The first-order valence-electron chi connectivity index (χ1n) is 5.16. The van der Waals surface area contributed by atoms with Gasteiger partial charge >= 0.3 is 11.9 Å². The van der Waals surface area contributed by atoms with E-state index in [-0.39, 0.29) is 29.5 Å². The number of carboxylic acid groups (broad SMARTS) is 1. The average molecular weight is 258 g/mol. The molecule has 1 N–H and O–H groups in total. The normalized spacial score (nSPS) is 10.4. The molecule has 0 unspecified atom stereocenters. The summed E-state index contributed by atoms with van der Waals surface area (Å²) in [5.41, 5.74) is -0.145. The highest BCUT2D eigenvalue weighted by Gasteiger charge is 2.15. The fourth-order valence-electron chi connectivity index (χ4n) is 1.50. The Hall–Kier alpha value is -1.98. The molecule has 0 bridgehead atoms. The van der Waals surface area contributed by atoms with Crippen molar-refractivity contribution >= 4 is 11.9 Å². The third-order valence-electron chi connectivity index (χ3n) is 2.44. The molecular formula is C12H12F2O4. The number of aryl methyl sites for hydroxylation is 1. The van der Waals surface area contributed by atoms with E-state index in [2.05, 4.69) is 4.74 Å². The number of carbonyl (C=O) groups is 2. The van der Waals surface area contributed by atoms with Gasteiger partial charge in [-0.2, -0.15) is 0 Å². The maximum atomic E-state index is 12.5. The number of aromatic carboxylic acids is 1. The minimum absolute atomic E-state index is 0.0505. The summed E-state index contributed by atoms with van der Waals surface area (Å²) in [6, 6.07) is 3.29. The fraction of sp³-hybridized carbons (Fsp3) is 0.333. The second-order valence-corrected chi connectivity index (χ2v) is 3.60. The predicted molar refractivity (Wildman–Crippen MR) is 58.7 cm³/mol. The maximum absolute atomic E-state index is 12.5. The number of carboxylic acids is 1. The van der Waals surface area contributed by atoms with E-state index in [0.29, 0.717) is 0 Å². The number of esters is 1. The lowest BCUT2D eigenvalue weighted by Gasteiger charge is -2.08. The van der Waals surface area contributed by atoms with Crippen LogP contribution in [0.25, 0.3) is 0 Å². The smallest absolute Gasteiger partial charge is 0.335 e. The second kappa shape index (κ2) is 6.09. The zero-order chi connectivity index (χ0) is 13.7. The summed E-state index contributed by atoms with van der Waals surface area (Å²) in [5, 5.41) is 8.91. The van der Waals surface area contributed by atoms with Gasteiger partial charge in [-0.1, -0.05) is 6.07 Å². The molecule has 0 spiro atoms. The molecule has 0 aromatic heterocycles. The Labute approximate surface area is 102 Å². The zero-order valence-corrected chi connectivity index (χ0v) is 9.65. The van der Waals surface area contributed by atoms with Gasteiger partial charge in [-0.15, -0.1) is 0 Å². The van der Waals surface area contributed by atoms with E-state index in [1.54, 1.807) is 0 Å². The number of carbonyl (C=O) groups excluding carboxylic acids is 1. The molecule has 0 radical (unpaired) electrons. The minimum atomic E-state index is -2.68. The van der Waals surface area contributed by atoms with Gasteiger partial charge in [-0.25, -0.2) is 13.6 Å². The van der Waals surface area contributed by atoms with Gasteiger partial charge in [0, 0.05) is 12.0 Å². The van der Waals surface area contributed by atoms with Crippen molar-refractivity contribution in [2.75, 3.05) is 7.11 Å². The van der Waals surface area contributed by atoms with Gasteiger partial charge in [-0.3, -0.25) is 4.79 Å². The monoisotopic (exact) mass is 258 g/mol. The Kier molecular flexibility index (Phi) is 4.76. The summed E-state index contributed by atoms with van der Waals surface area (Å²) in [7, 11) is 1.20. The Bertz CT molecular complexity index is 457. The molecule has 0 aliphatic carbocycles. The lowest BCUT2D eigenvalue weighted by atomic mass is 10.00. The van der Waals surface area contributed by atoms with E-state index >= 15 is 0 Å². The second-order valence-electron chi connectivity index (χ2n) is 3.60. The molecule has 0 atom stereocenters. The molecule has 0 heterocycles. The summed E-state index contributed by atoms with van der Waals surface area (Å²) in [6.07, 6.45) is -2.68. The number of hydrogen-bond donors (Lipinski definition) is 1. The number of rotatable bonds is 5. The van der Waals surface area contributed by atoms with E-state index in [9.17, 15) is 18.4 Å². The van der Waals surface area contributed by atoms with Crippen LogP contribution in [0.4, 0.5) is 8.78 Å². The van der Waals surface area contributed by atoms with E-state index in [4.69, 9.17) is 5.11 Å². The lowest BCUT2D eigenvalue weighted by Crippen LogP contribution is -2.07. The van der Waals surface area contributed by atoms with Crippen LogP contribution in [0.15, 0.2) is 18.2 Å². The van der Waals surface area contributed by atoms with Gasteiger partial charge in [0.15, 0.2) is 0 Å². The van der Waals surface area contributed by atoms with Gasteiger partial charge in [0.25, 0.3) is 6.43 Å². The van der Waals surface area contributed by atoms with E-state index < -0.39 is 18.4 Å². The van der Waals surface area contributed by atoms with Crippen LogP contribution in [-0.2, 0) is 16.0 Å². The molecule has 0 aliphatic rings. The summed E-state index contributed by atoms with van der Waals surface area (Å²) >= 11 is 0. The molecule has 1 aromatic rings. The van der Waals surface area contributed by atoms with Gasteiger partial charge in [0.2, 0.25) is 0 Å². The van der Waals surface area contributed by atoms with Crippen molar-refractivity contribution in [1.82, 2.24) is 0 Å². The van der Waals surface area contributed by atoms with Crippen LogP contribution < -0.4 is 0 Å². The molecular weight excluding hydrogens is 246 g/mol. The highest BCUT2D eigenvalue weighted by Crippen LogP contribution is 2.23. The first-order chi connectivity index (χ1) is 8.45. The highest BCUT2D eigenvalue weighted by atomic mass is 19.3. The van der Waals surface area contributed by atoms with Crippen molar-refractivity contribution in [2.24, 2.45) is 0 Å². The molecule has 0 fully saturated rings. The van der Waals surface area contributed by atoms with Gasteiger partial charge in [0.1, 0.15) is 0 Å². The van der Waals surface area contributed by atoms with Crippen molar-refractivity contribution in [3.05, 3.63) is 34.9 Å². The molecule has 98 valence electrons. The average Bonchev–Trinajstić information content (AvgIpc) is 2.35. The van der Waals surface area contributed by atoms with Crippen molar-refractivity contribution < 1.29 is 28.2 Å². The maximum Gasteiger partial charge on any atom is 0.335 e. The molecule has 1 rings (SSSR count). The number of benzene rings is 1. The molecule has 18 heavy (non-hydrogen) atoms. The number of halogens is 2. The Morgan fingerprint density at radius 1 is 1.39 bits per heavy atom. The molecule has 0 amide bonds. The molecule has 0 saturated carbocycles. The van der Waals surface area contributed by atoms with Crippen LogP contribution in [0.5, 0.6) is 0 Å². The molecule has 4 nitrogen and oxygen atoms in total. The van der Waals surface area contributed by atoms with Crippen LogP contribution in [-0.4, -0.2) is 24.2 Å². The first kappa shape index (κ1) is 14.1.